The summed E-state index contributed by atoms with van der Waals surface area (Å²) in [6.07, 6.45) is 2.68. The third kappa shape index (κ3) is 6.52. The number of hydrogen-bond donors (Lipinski definition) is 1. The first-order chi connectivity index (χ1) is 15.0. The lowest BCUT2D eigenvalue weighted by Crippen LogP contribution is -2.44. The highest BCUT2D eigenvalue weighted by molar-refractivity contribution is 5.94. The van der Waals surface area contributed by atoms with Crippen molar-refractivity contribution in [3.05, 3.63) is 59.9 Å². The lowest BCUT2D eigenvalue weighted by atomic mass is 10.2. The summed E-state index contributed by atoms with van der Waals surface area (Å²) in [6, 6.07) is 13.9. The van der Waals surface area contributed by atoms with Gasteiger partial charge in [-0.25, -0.2) is 4.39 Å². The maximum atomic E-state index is 14.1. The number of para-hydroxylation sites is 2. The molecule has 0 atom stereocenters. The van der Waals surface area contributed by atoms with Gasteiger partial charge in [-0.15, -0.1) is 0 Å². The maximum absolute atomic E-state index is 14.1. The van der Waals surface area contributed by atoms with E-state index in [1.54, 1.807) is 42.3 Å². The molecule has 0 aliphatic heterocycles. The van der Waals surface area contributed by atoms with E-state index in [0.717, 1.165) is 19.3 Å². The zero-order valence-corrected chi connectivity index (χ0v) is 18.1. The van der Waals surface area contributed by atoms with E-state index >= 15 is 0 Å². The van der Waals surface area contributed by atoms with E-state index in [1.165, 1.54) is 6.07 Å². The van der Waals surface area contributed by atoms with Crippen LogP contribution in [0.4, 0.5) is 10.1 Å². The largest absolute Gasteiger partial charge is 0.495 e. The summed E-state index contributed by atoms with van der Waals surface area (Å²) in [5.74, 6) is -0.0107. The molecule has 6 nitrogen and oxygen atoms in total. The Morgan fingerprint density at radius 2 is 1.81 bits per heavy atom. The predicted octanol–water partition coefficient (Wildman–Crippen LogP) is 3.68. The van der Waals surface area contributed by atoms with E-state index in [-0.39, 0.29) is 43.3 Å². The van der Waals surface area contributed by atoms with Crippen LogP contribution in [0.5, 0.6) is 5.75 Å². The number of carbonyl (C=O) groups is 2. The molecular formula is C24H30FN3O3. The third-order valence-corrected chi connectivity index (χ3v) is 5.25. The molecule has 1 aliphatic carbocycles. The Kier molecular flexibility index (Phi) is 8.00. The van der Waals surface area contributed by atoms with Gasteiger partial charge >= 0.3 is 0 Å². The second-order valence-electron chi connectivity index (χ2n) is 7.80. The molecule has 2 aromatic carbocycles. The highest BCUT2D eigenvalue weighted by Crippen LogP contribution is 2.29. The second kappa shape index (κ2) is 10.9. The lowest BCUT2D eigenvalue weighted by Gasteiger charge is -2.27. The van der Waals surface area contributed by atoms with Gasteiger partial charge in [0.2, 0.25) is 11.8 Å². The van der Waals surface area contributed by atoms with E-state index in [1.807, 2.05) is 24.0 Å². The summed E-state index contributed by atoms with van der Waals surface area (Å²) >= 11 is 0. The number of halogens is 1. The fourth-order valence-electron chi connectivity index (χ4n) is 3.57. The van der Waals surface area contributed by atoms with Crippen LogP contribution in [0.3, 0.4) is 0 Å². The minimum atomic E-state index is -0.303. The van der Waals surface area contributed by atoms with E-state index in [4.69, 9.17) is 4.74 Å². The van der Waals surface area contributed by atoms with Crippen LogP contribution in [0.2, 0.25) is 0 Å². The summed E-state index contributed by atoms with van der Waals surface area (Å²) in [6.45, 7) is 3.09. The molecule has 1 N–H and O–H groups in total. The average molecular weight is 428 g/mol. The molecule has 166 valence electrons. The van der Waals surface area contributed by atoms with Gasteiger partial charge in [0.25, 0.3) is 0 Å². The van der Waals surface area contributed by atoms with Crippen LogP contribution in [0.1, 0.15) is 31.7 Å². The van der Waals surface area contributed by atoms with E-state index < -0.39 is 0 Å². The van der Waals surface area contributed by atoms with Crippen molar-refractivity contribution in [1.29, 1.82) is 0 Å². The molecule has 0 bridgehead atoms. The number of hydrogen-bond acceptors (Lipinski definition) is 4. The van der Waals surface area contributed by atoms with Gasteiger partial charge in [0.05, 0.1) is 25.9 Å². The minimum absolute atomic E-state index is 0.0794. The molecular weight excluding hydrogens is 397 g/mol. The van der Waals surface area contributed by atoms with Crippen LogP contribution < -0.4 is 10.1 Å². The van der Waals surface area contributed by atoms with E-state index in [2.05, 4.69) is 5.32 Å². The normalized spacial score (nSPS) is 13.2. The maximum Gasteiger partial charge on any atom is 0.238 e. The van der Waals surface area contributed by atoms with Crippen molar-refractivity contribution < 1.29 is 18.7 Å². The summed E-state index contributed by atoms with van der Waals surface area (Å²) in [5, 5.41) is 2.86. The van der Waals surface area contributed by atoms with Gasteiger partial charge in [-0.05, 0) is 44.0 Å². The molecule has 1 fully saturated rings. The number of nitrogens with zero attached hydrogens (tertiary/aromatic N) is 2. The molecule has 0 radical (unpaired) electrons. The average Bonchev–Trinajstić information content (AvgIpc) is 3.58. The van der Waals surface area contributed by atoms with Crippen molar-refractivity contribution in [3.63, 3.8) is 0 Å². The molecule has 2 aromatic rings. The van der Waals surface area contributed by atoms with Crippen molar-refractivity contribution >= 4 is 17.5 Å². The Morgan fingerprint density at radius 1 is 1.10 bits per heavy atom. The fourth-order valence-corrected chi connectivity index (χ4v) is 3.57. The Bertz CT molecular complexity index is 901. The van der Waals surface area contributed by atoms with Crippen LogP contribution in [-0.4, -0.2) is 54.4 Å². The van der Waals surface area contributed by atoms with Gasteiger partial charge in [-0.1, -0.05) is 37.3 Å². The van der Waals surface area contributed by atoms with Crippen LogP contribution in [0.25, 0.3) is 0 Å². The van der Waals surface area contributed by atoms with Crippen molar-refractivity contribution in [2.24, 2.45) is 0 Å². The molecule has 0 saturated heterocycles. The van der Waals surface area contributed by atoms with E-state index in [0.29, 0.717) is 23.5 Å². The summed E-state index contributed by atoms with van der Waals surface area (Å²) in [4.78, 5) is 29.3. The quantitative estimate of drug-likeness (QED) is 0.594. The number of benzene rings is 2. The van der Waals surface area contributed by atoms with E-state index in [9.17, 15) is 14.0 Å². The van der Waals surface area contributed by atoms with Crippen molar-refractivity contribution in [3.8, 4) is 5.75 Å². The summed E-state index contributed by atoms with van der Waals surface area (Å²) < 4.78 is 19.4. The zero-order valence-electron chi connectivity index (χ0n) is 18.1. The molecule has 0 aromatic heterocycles. The van der Waals surface area contributed by atoms with Crippen LogP contribution in [0, 0.1) is 5.82 Å². The number of amides is 2. The zero-order chi connectivity index (χ0) is 22.2. The first kappa shape index (κ1) is 22.7. The van der Waals surface area contributed by atoms with Crippen molar-refractivity contribution in [1.82, 2.24) is 9.80 Å². The second-order valence-corrected chi connectivity index (χ2v) is 7.80. The van der Waals surface area contributed by atoms with Crippen LogP contribution in [0.15, 0.2) is 48.5 Å². The van der Waals surface area contributed by atoms with Gasteiger partial charge < -0.3 is 15.0 Å². The first-order valence-corrected chi connectivity index (χ1v) is 10.7. The summed E-state index contributed by atoms with van der Waals surface area (Å²) in [7, 11) is 1.55. The molecule has 0 spiro atoms. The minimum Gasteiger partial charge on any atom is -0.495 e. The monoisotopic (exact) mass is 427 g/mol. The van der Waals surface area contributed by atoms with Gasteiger partial charge in [0.15, 0.2) is 0 Å². The van der Waals surface area contributed by atoms with Gasteiger partial charge in [0.1, 0.15) is 11.6 Å². The molecule has 1 aliphatic rings. The Labute approximate surface area is 183 Å². The number of methoxy groups -OCH3 is 1. The van der Waals surface area contributed by atoms with Crippen molar-refractivity contribution in [2.75, 3.05) is 32.1 Å². The number of carbonyl (C=O) groups excluding carboxylic acids is 2. The highest BCUT2D eigenvalue weighted by atomic mass is 19.1. The topological polar surface area (TPSA) is 61.9 Å². The van der Waals surface area contributed by atoms with Gasteiger partial charge in [-0.3, -0.25) is 14.5 Å². The number of ether oxygens (including phenoxy) is 1. The fraction of sp³-hybridized carbons (Fsp3) is 0.417. The molecule has 3 rings (SSSR count). The van der Waals surface area contributed by atoms with Gasteiger partial charge in [-0.2, -0.15) is 0 Å². The number of rotatable bonds is 11. The lowest BCUT2D eigenvalue weighted by molar-refractivity contribution is -0.134. The number of anilines is 1. The van der Waals surface area contributed by atoms with Crippen molar-refractivity contribution in [2.45, 2.75) is 38.8 Å². The predicted molar refractivity (Wildman–Crippen MR) is 118 cm³/mol. The van der Waals surface area contributed by atoms with Crippen LogP contribution >= 0.6 is 0 Å². The summed E-state index contributed by atoms with van der Waals surface area (Å²) in [5.41, 5.74) is 1.11. The standard InChI is InChI=1S/C24H30FN3O3/c1-3-14-27(16-23(29)26-21-10-6-7-11-22(21)31-2)17-24(30)28(19-12-13-19)15-18-8-4-5-9-20(18)25/h4-11,19H,3,12-17H2,1-2H3,(H,26,29). The smallest absolute Gasteiger partial charge is 0.238 e. The molecule has 0 unspecified atom stereocenters. The first-order valence-electron chi connectivity index (χ1n) is 10.7. The third-order valence-electron chi connectivity index (χ3n) is 5.25. The number of nitrogens with one attached hydrogen (secondary N) is 1. The molecule has 1 saturated carbocycles. The molecule has 2 amide bonds. The SMILES string of the molecule is CCCN(CC(=O)Nc1ccccc1OC)CC(=O)N(Cc1ccccc1F)C1CC1. The van der Waals surface area contributed by atoms with Gasteiger partial charge in [0, 0.05) is 18.2 Å². The molecule has 7 heteroatoms. The van der Waals surface area contributed by atoms with Crippen LogP contribution in [-0.2, 0) is 16.1 Å². The Morgan fingerprint density at radius 3 is 2.48 bits per heavy atom. The highest BCUT2D eigenvalue weighted by Gasteiger charge is 2.33. The Hall–Kier alpha value is -2.93. The molecule has 31 heavy (non-hydrogen) atoms. The Balaban J connectivity index is 1.63. The molecule has 0 heterocycles.